The Hall–Kier alpha value is -4.10. The van der Waals surface area contributed by atoms with Gasteiger partial charge in [-0.25, -0.2) is 0 Å². The monoisotopic (exact) mass is 457 g/mol. The minimum Gasteiger partial charge on any atom is -0.310 e. The predicted molar refractivity (Wildman–Crippen MR) is 156 cm³/mol. The fourth-order valence-electron chi connectivity index (χ4n) is 4.17. The van der Waals surface area contributed by atoms with Crippen molar-refractivity contribution in [2.45, 2.75) is 27.7 Å². The highest BCUT2D eigenvalue weighted by Gasteiger charge is 2.17. The lowest BCUT2D eigenvalue weighted by Crippen LogP contribution is -2.01. The molecule has 3 aromatic rings. The van der Waals surface area contributed by atoms with Crippen molar-refractivity contribution in [1.29, 1.82) is 0 Å². The number of hydrogen-bond acceptors (Lipinski definition) is 0. The molecular weight excluding hydrogens is 422 g/mol. The third kappa shape index (κ3) is 5.88. The summed E-state index contributed by atoms with van der Waals surface area (Å²) in [4.78, 5) is 0. The van der Waals surface area contributed by atoms with E-state index in [1.54, 1.807) is 0 Å². The first-order valence-electron chi connectivity index (χ1n) is 11.9. The zero-order valence-electron chi connectivity index (χ0n) is 21.4. The van der Waals surface area contributed by atoms with Crippen LogP contribution < -0.4 is 0 Å². The Morgan fingerprint density at radius 1 is 0.743 bits per heavy atom. The Morgan fingerprint density at radius 3 is 1.94 bits per heavy atom. The van der Waals surface area contributed by atoms with Gasteiger partial charge in [0.2, 0.25) is 0 Å². The summed E-state index contributed by atoms with van der Waals surface area (Å²) in [6, 6.07) is 19.2. The SMILES string of the molecule is C=C/C=C\c1c(C)c(C)c(/C=C(C=C)/C(C=C(C)C)=C/C=C)n1-c1ccc(-c2ccccc2)cc1. The zero-order chi connectivity index (χ0) is 25.4. The molecule has 0 atom stereocenters. The summed E-state index contributed by atoms with van der Waals surface area (Å²) in [5.41, 5.74) is 11.6. The Kier molecular flexibility index (Phi) is 8.64. The standard InChI is InChI=1S/C34H35N/c1-8-11-18-33-26(6)27(7)34(24-28(10-3)31(15-9-2)23-25(4)5)35(33)32-21-19-30(20-22-32)29-16-13-12-14-17-29/h8-24H,1-3H2,4-7H3/b18-11-,28-24+,31-15+. The van der Waals surface area contributed by atoms with Crippen LogP contribution in [0.3, 0.4) is 0 Å². The summed E-state index contributed by atoms with van der Waals surface area (Å²) in [7, 11) is 0. The third-order valence-corrected chi connectivity index (χ3v) is 6.02. The molecule has 1 nitrogen and oxygen atoms in total. The molecule has 0 saturated heterocycles. The van der Waals surface area contributed by atoms with Crippen molar-refractivity contribution in [2.75, 3.05) is 0 Å². The van der Waals surface area contributed by atoms with E-state index in [1.807, 2.05) is 36.4 Å². The molecule has 3 rings (SSSR count). The molecule has 0 spiro atoms. The second-order valence-electron chi connectivity index (χ2n) is 8.75. The Bertz CT molecular complexity index is 1330. The molecular formula is C34H35N. The quantitative estimate of drug-likeness (QED) is 0.282. The molecule has 1 heterocycles. The van der Waals surface area contributed by atoms with E-state index >= 15 is 0 Å². The summed E-state index contributed by atoms with van der Waals surface area (Å²) in [6.45, 7) is 20.4. The molecule has 0 aliphatic carbocycles. The van der Waals surface area contributed by atoms with Gasteiger partial charge >= 0.3 is 0 Å². The van der Waals surface area contributed by atoms with Gasteiger partial charge in [-0.1, -0.05) is 104 Å². The predicted octanol–water partition coefficient (Wildman–Crippen LogP) is 9.61. The molecule has 0 amide bonds. The van der Waals surface area contributed by atoms with Crippen molar-refractivity contribution >= 4 is 12.2 Å². The van der Waals surface area contributed by atoms with E-state index < -0.39 is 0 Å². The van der Waals surface area contributed by atoms with Gasteiger partial charge in [0.1, 0.15) is 0 Å². The van der Waals surface area contributed by atoms with Gasteiger partial charge in [0.25, 0.3) is 0 Å². The highest BCUT2D eigenvalue weighted by Crippen LogP contribution is 2.32. The van der Waals surface area contributed by atoms with Gasteiger partial charge in [-0.3, -0.25) is 0 Å². The lowest BCUT2D eigenvalue weighted by Gasteiger charge is -2.13. The zero-order valence-corrected chi connectivity index (χ0v) is 21.4. The Labute approximate surface area is 211 Å². The molecule has 0 radical (unpaired) electrons. The van der Waals surface area contributed by atoms with Crippen molar-refractivity contribution in [3.8, 4) is 16.8 Å². The van der Waals surface area contributed by atoms with Gasteiger partial charge in [-0.15, -0.1) is 0 Å². The molecule has 0 unspecified atom stereocenters. The molecule has 2 aromatic carbocycles. The fraction of sp³-hybridized carbons (Fsp3) is 0.118. The van der Waals surface area contributed by atoms with Crippen LogP contribution in [0, 0.1) is 13.8 Å². The Balaban J connectivity index is 2.26. The molecule has 0 N–H and O–H groups in total. The summed E-state index contributed by atoms with van der Waals surface area (Å²) in [6.07, 6.45) is 16.1. The molecule has 1 aromatic heterocycles. The molecule has 0 aliphatic heterocycles. The van der Waals surface area contributed by atoms with E-state index in [4.69, 9.17) is 0 Å². The maximum atomic E-state index is 4.11. The van der Waals surface area contributed by atoms with Gasteiger partial charge in [0.15, 0.2) is 0 Å². The lowest BCUT2D eigenvalue weighted by molar-refractivity contribution is 1.04. The van der Waals surface area contributed by atoms with Gasteiger partial charge in [0.05, 0.1) is 0 Å². The largest absolute Gasteiger partial charge is 0.310 e. The maximum absolute atomic E-state index is 4.11. The molecule has 0 bridgehead atoms. The summed E-state index contributed by atoms with van der Waals surface area (Å²) in [5.74, 6) is 0. The minimum atomic E-state index is 1.05. The summed E-state index contributed by atoms with van der Waals surface area (Å²) < 4.78 is 2.32. The van der Waals surface area contributed by atoms with E-state index in [0.717, 1.165) is 28.2 Å². The van der Waals surface area contributed by atoms with Gasteiger partial charge < -0.3 is 4.57 Å². The molecule has 0 fully saturated rings. The van der Waals surface area contributed by atoms with E-state index in [1.165, 1.54) is 27.8 Å². The van der Waals surface area contributed by atoms with E-state index in [2.05, 4.69) is 119 Å². The molecule has 0 saturated carbocycles. The van der Waals surface area contributed by atoms with Gasteiger partial charge in [-0.05, 0) is 85.4 Å². The van der Waals surface area contributed by atoms with E-state index in [9.17, 15) is 0 Å². The summed E-state index contributed by atoms with van der Waals surface area (Å²) >= 11 is 0. The van der Waals surface area contributed by atoms with Crippen LogP contribution in [0.4, 0.5) is 0 Å². The normalized spacial score (nSPS) is 12.0. The molecule has 176 valence electrons. The van der Waals surface area contributed by atoms with Crippen molar-refractivity contribution in [3.63, 3.8) is 0 Å². The number of allylic oxidation sites excluding steroid dienone is 9. The van der Waals surface area contributed by atoms with Crippen molar-refractivity contribution in [2.24, 2.45) is 0 Å². The fourth-order valence-corrected chi connectivity index (χ4v) is 4.17. The van der Waals surface area contributed by atoms with Crippen LogP contribution in [0.25, 0.3) is 29.0 Å². The van der Waals surface area contributed by atoms with Crippen LogP contribution >= 0.6 is 0 Å². The number of hydrogen-bond donors (Lipinski definition) is 0. The Morgan fingerprint density at radius 2 is 1.37 bits per heavy atom. The highest BCUT2D eigenvalue weighted by molar-refractivity contribution is 5.73. The van der Waals surface area contributed by atoms with Crippen molar-refractivity contribution in [3.05, 3.63) is 150 Å². The highest BCUT2D eigenvalue weighted by atomic mass is 15.0. The second-order valence-corrected chi connectivity index (χ2v) is 8.75. The topological polar surface area (TPSA) is 4.93 Å². The first-order chi connectivity index (χ1) is 16.9. The number of benzene rings is 2. The minimum absolute atomic E-state index is 1.05. The average molecular weight is 458 g/mol. The third-order valence-electron chi connectivity index (χ3n) is 6.02. The van der Waals surface area contributed by atoms with Gasteiger partial charge in [0, 0.05) is 17.1 Å². The van der Waals surface area contributed by atoms with E-state index in [0.29, 0.717) is 0 Å². The van der Waals surface area contributed by atoms with Crippen LogP contribution in [0.5, 0.6) is 0 Å². The number of nitrogens with zero attached hydrogens (tertiary/aromatic N) is 1. The first-order valence-corrected chi connectivity index (χ1v) is 11.9. The van der Waals surface area contributed by atoms with Crippen LogP contribution in [-0.2, 0) is 0 Å². The second kappa shape index (κ2) is 11.9. The maximum Gasteiger partial charge on any atom is 0.0500 e. The lowest BCUT2D eigenvalue weighted by atomic mass is 10.0. The van der Waals surface area contributed by atoms with Crippen LogP contribution in [0.15, 0.2) is 128 Å². The van der Waals surface area contributed by atoms with E-state index in [-0.39, 0.29) is 0 Å². The molecule has 0 aliphatic rings. The van der Waals surface area contributed by atoms with Crippen molar-refractivity contribution < 1.29 is 0 Å². The molecule has 35 heavy (non-hydrogen) atoms. The van der Waals surface area contributed by atoms with Crippen LogP contribution in [0.1, 0.15) is 36.4 Å². The smallest absolute Gasteiger partial charge is 0.0500 e. The molecule has 1 heteroatoms. The number of aromatic nitrogens is 1. The van der Waals surface area contributed by atoms with Gasteiger partial charge in [-0.2, -0.15) is 0 Å². The number of rotatable bonds is 9. The van der Waals surface area contributed by atoms with Crippen molar-refractivity contribution in [1.82, 2.24) is 4.57 Å². The first kappa shape index (κ1) is 25.5. The summed E-state index contributed by atoms with van der Waals surface area (Å²) in [5, 5.41) is 0. The average Bonchev–Trinajstić information content (AvgIpc) is 3.10. The van der Waals surface area contributed by atoms with Crippen LogP contribution in [0.2, 0.25) is 0 Å². The van der Waals surface area contributed by atoms with Crippen LogP contribution in [-0.4, -0.2) is 4.57 Å².